The fraction of sp³-hybridized carbons (Fsp3) is 0.567. The van der Waals surface area contributed by atoms with Gasteiger partial charge in [0, 0.05) is 54.3 Å². The summed E-state index contributed by atoms with van der Waals surface area (Å²) in [5, 5.41) is 7.18. The van der Waals surface area contributed by atoms with Crippen LogP contribution in [0.2, 0.25) is 24.2 Å². The molecule has 0 saturated heterocycles. The van der Waals surface area contributed by atoms with E-state index in [9.17, 15) is 0 Å². The van der Waals surface area contributed by atoms with E-state index in [4.69, 9.17) is 4.37 Å². The van der Waals surface area contributed by atoms with Crippen LogP contribution in [-0.4, -0.2) is 24.9 Å². The van der Waals surface area contributed by atoms with Gasteiger partial charge < -0.3 is 0 Å². The molecular formula is C60H84N2S6Si2. The Bertz CT molecular complexity index is 2730. The minimum absolute atomic E-state index is 1.08. The zero-order valence-corrected chi connectivity index (χ0v) is 51.5. The van der Waals surface area contributed by atoms with E-state index in [0.717, 1.165) is 11.0 Å². The van der Waals surface area contributed by atoms with Gasteiger partial charge >= 0.3 is 0 Å². The molecule has 1 aromatic carbocycles. The summed E-state index contributed by atoms with van der Waals surface area (Å²) in [6.07, 6.45) is 28.7. The number of fused-ring (bicyclic) bond motifs is 7. The fourth-order valence-corrected chi connectivity index (χ4v) is 32.5. The van der Waals surface area contributed by atoms with Crippen LogP contribution in [0.5, 0.6) is 0 Å². The number of rotatable bonds is 27. The van der Waals surface area contributed by atoms with Crippen LogP contribution in [0.4, 0.5) is 0 Å². The van der Waals surface area contributed by atoms with Crippen molar-refractivity contribution in [2.45, 2.75) is 221 Å². The first-order chi connectivity index (χ1) is 34.1. The normalized spacial score (nSPS) is 14.0. The van der Waals surface area contributed by atoms with Crippen molar-refractivity contribution in [3.8, 4) is 39.7 Å². The third-order valence-corrected chi connectivity index (χ3v) is 33.7. The van der Waals surface area contributed by atoms with E-state index >= 15 is 0 Å². The molecule has 7 aromatic rings. The lowest BCUT2D eigenvalue weighted by Crippen LogP contribution is -2.54. The molecule has 0 unspecified atom stereocenters. The molecule has 6 aromatic heterocycles. The average molecular weight is 1080 g/mol. The Kier molecular flexibility index (Phi) is 19.7. The van der Waals surface area contributed by atoms with Crippen molar-refractivity contribution in [2.75, 3.05) is 0 Å². The predicted molar refractivity (Wildman–Crippen MR) is 328 cm³/mol. The second-order valence-corrected chi connectivity index (χ2v) is 36.1. The zero-order chi connectivity index (χ0) is 49.3. The van der Waals surface area contributed by atoms with Crippen LogP contribution in [-0.2, 0) is 6.42 Å². The topological polar surface area (TPSA) is 25.8 Å². The molecular weight excluding hydrogens is 997 g/mol. The number of hydrogen-bond acceptors (Lipinski definition) is 8. The Morgan fingerprint density at radius 3 is 1.31 bits per heavy atom. The minimum atomic E-state index is -1.74. The van der Waals surface area contributed by atoms with Crippen LogP contribution >= 0.6 is 68.4 Å². The van der Waals surface area contributed by atoms with Gasteiger partial charge in [0.05, 0.1) is 11.7 Å². The maximum absolute atomic E-state index is 4.71. The van der Waals surface area contributed by atoms with Gasteiger partial charge in [-0.05, 0) is 127 Å². The van der Waals surface area contributed by atoms with Crippen molar-refractivity contribution >= 4 is 116 Å². The largest absolute Gasteiger partial charge is 0.173 e. The number of nitrogens with zero attached hydrogens (tertiary/aromatic N) is 2. The van der Waals surface area contributed by atoms with Crippen molar-refractivity contribution in [2.24, 2.45) is 0 Å². The van der Waals surface area contributed by atoms with E-state index in [1.54, 1.807) is 45.2 Å². The maximum atomic E-state index is 4.71. The molecule has 70 heavy (non-hydrogen) atoms. The summed E-state index contributed by atoms with van der Waals surface area (Å²) >= 11 is 11.7. The monoisotopic (exact) mass is 1080 g/mol. The Labute approximate surface area is 450 Å². The van der Waals surface area contributed by atoms with Gasteiger partial charge in [-0.2, -0.15) is 8.75 Å². The third-order valence-electron chi connectivity index (χ3n) is 15.9. The van der Waals surface area contributed by atoms with Crippen molar-refractivity contribution in [3.63, 3.8) is 0 Å². The molecule has 378 valence electrons. The second-order valence-electron chi connectivity index (χ2n) is 21.2. The van der Waals surface area contributed by atoms with Crippen LogP contribution in [0, 0.1) is 27.7 Å². The first-order valence-electron chi connectivity index (χ1n) is 28.0. The SMILES string of the molecule is CCCCCC[Si]1(CCCCCC)c2cc(C)sc2-c2sc(-c3ccc(C)c4nsnc34)cc21.CCCCCCc1cc(-c2cc3c(s2)-c2sc(C)cc2[Si]3(CCCCCC)CCCCCC)sc1C. The Morgan fingerprint density at radius 1 is 0.400 bits per heavy atom. The molecule has 0 atom stereocenters. The summed E-state index contributed by atoms with van der Waals surface area (Å²) < 4.78 is 9.31. The molecule has 0 aliphatic carbocycles. The zero-order valence-electron chi connectivity index (χ0n) is 44.6. The predicted octanol–water partition coefficient (Wildman–Crippen LogP) is 19.8. The molecule has 0 bridgehead atoms. The molecule has 9 rings (SSSR count). The van der Waals surface area contributed by atoms with Gasteiger partial charge in [0.1, 0.15) is 27.2 Å². The molecule has 2 aliphatic heterocycles. The molecule has 8 heterocycles. The van der Waals surface area contributed by atoms with Gasteiger partial charge in [0.2, 0.25) is 0 Å². The summed E-state index contributed by atoms with van der Waals surface area (Å²) in [6.45, 7) is 20.8. The number of thiophene rings is 5. The number of benzene rings is 1. The van der Waals surface area contributed by atoms with Crippen molar-refractivity contribution in [1.82, 2.24) is 8.75 Å². The third kappa shape index (κ3) is 11.6. The molecule has 0 radical (unpaired) electrons. The quantitative estimate of drug-likeness (QED) is 0.0379. The van der Waals surface area contributed by atoms with Gasteiger partial charge in [-0.3, -0.25) is 0 Å². The highest BCUT2D eigenvalue weighted by Crippen LogP contribution is 2.48. The molecule has 0 fully saturated rings. The number of aromatic nitrogens is 2. The van der Waals surface area contributed by atoms with E-state index in [1.165, 1.54) is 201 Å². The van der Waals surface area contributed by atoms with Gasteiger partial charge in [-0.25, -0.2) is 0 Å². The lowest BCUT2D eigenvalue weighted by Gasteiger charge is -2.29. The van der Waals surface area contributed by atoms with E-state index < -0.39 is 16.1 Å². The highest BCUT2D eigenvalue weighted by atomic mass is 32.1. The number of unbranched alkanes of at least 4 members (excludes halogenated alkanes) is 15. The van der Waals surface area contributed by atoms with Crippen molar-refractivity contribution in [1.29, 1.82) is 0 Å². The van der Waals surface area contributed by atoms with Crippen LogP contribution in [0.1, 0.15) is 189 Å². The Morgan fingerprint density at radius 2 is 0.814 bits per heavy atom. The lowest BCUT2D eigenvalue weighted by molar-refractivity contribution is 0.666. The highest BCUT2D eigenvalue weighted by Gasteiger charge is 2.48. The molecule has 0 amide bonds. The van der Waals surface area contributed by atoms with E-state index in [-0.39, 0.29) is 0 Å². The highest BCUT2D eigenvalue weighted by molar-refractivity contribution is 7.32. The molecule has 0 saturated carbocycles. The molecule has 2 aliphatic rings. The summed E-state index contributed by atoms with van der Waals surface area (Å²) in [7, 11) is -3.42. The Hall–Kier alpha value is -2.03. The van der Waals surface area contributed by atoms with Crippen molar-refractivity contribution in [3.05, 3.63) is 68.2 Å². The van der Waals surface area contributed by atoms with Gasteiger partial charge in [-0.1, -0.05) is 169 Å². The Balaban J connectivity index is 0.000000188. The van der Waals surface area contributed by atoms with Crippen molar-refractivity contribution < 1.29 is 0 Å². The summed E-state index contributed by atoms with van der Waals surface area (Å²) in [5.41, 5.74) is 6.28. The van der Waals surface area contributed by atoms with Gasteiger partial charge in [0.15, 0.2) is 0 Å². The van der Waals surface area contributed by atoms with E-state index in [2.05, 4.69) is 143 Å². The van der Waals surface area contributed by atoms with E-state index in [1.807, 2.05) is 33.0 Å². The standard InChI is InChI=1S/C32H48S3Si.C28H36N2S3Si/c1-6-9-12-15-18-26-22-27(34-25(26)5)28-23-30-32(35-28)31-29(21-24(4)33-31)36(30,19-16-13-10-7-2)20-17-14-11-8-3;1-5-7-9-11-15-34(16-12-10-8-6-2)23-17-20(4)31-27(23)28-24(34)18-22(32-28)21-14-13-19(3)25-26(21)30-33-29-25/h21-23H,6-20H2,1-5H3;13-14,17-18H,5-12,15-16H2,1-4H3. The molecule has 0 spiro atoms. The maximum Gasteiger partial charge on any atom is 0.122 e. The smallest absolute Gasteiger partial charge is 0.122 e. The number of hydrogen-bond donors (Lipinski definition) is 0. The minimum Gasteiger partial charge on any atom is -0.173 e. The average Bonchev–Trinajstić information content (AvgIpc) is 4.23. The van der Waals surface area contributed by atoms with Crippen LogP contribution in [0.25, 0.3) is 50.7 Å². The van der Waals surface area contributed by atoms with Crippen LogP contribution < -0.4 is 20.7 Å². The van der Waals surface area contributed by atoms with Gasteiger partial charge in [-0.15, -0.1) is 56.7 Å². The van der Waals surface area contributed by atoms with Crippen LogP contribution in [0.3, 0.4) is 0 Å². The summed E-state index contributed by atoms with van der Waals surface area (Å²) in [4.78, 5) is 15.6. The second kappa shape index (κ2) is 25.5. The van der Waals surface area contributed by atoms with Gasteiger partial charge in [0.25, 0.3) is 0 Å². The first-order valence-corrected chi connectivity index (χ1v) is 37.6. The fourth-order valence-electron chi connectivity index (χ4n) is 12.0. The molecule has 2 nitrogen and oxygen atoms in total. The molecule has 10 heteroatoms. The molecule has 0 N–H and O–H groups in total. The van der Waals surface area contributed by atoms with E-state index in [0.29, 0.717) is 0 Å². The number of aryl methyl sites for hydroxylation is 5. The lowest BCUT2D eigenvalue weighted by atomic mass is 10.1. The van der Waals surface area contributed by atoms with Crippen LogP contribution in [0.15, 0.2) is 42.5 Å². The summed E-state index contributed by atoms with van der Waals surface area (Å²) in [6, 6.07) is 23.4. The summed E-state index contributed by atoms with van der Waals surface area (Å²) in [5.74, 6) is 0. The first kappa shape index (κ1) is 54.2.